The Balaban J connectivity index is 2.50. The molecule has 1 aliphatic rings. The monoisotopic (exact) mass is 548 g/mol. The van der Waals surface area contributed by atoms with E-state index < -0.39 is 55.5 Å². The predicted molar refractivity (Wildman–Crippen MR) is 114 cm³/mol. The van der Waals surface area contributed by atoms with E-state index in [1.807, 2.05) is 9.80 Å². The molecule has 0 aromatic carbocycles. The zero-order chi connectivity index (χ0) is 24.8. The Labute approximate surface area is 185 Å². The third-order valence-electron chi connectivity index (χ3n) is 4.47. The Morgan fingerprint density at radius 3 is 0.906 bits per heavy atom. The average molecular weight is 548 g/mol. The number of nitrogens with zero attached hydrogens (tertiary/aromatic N) is 4. The minimum absolute atomic E-state index is 0.0363. The molecule has 1 fully saturated rings. The van der Waals surface area contributed by atoms with Gasteiger partial charge in [-0.1, -0.05) is 0 Å². The van der Waals surface area contributed by atoms with E-state index in [-0.39, 0.29) is 13.1 Å². The van der Waals surface area contributed by atoms with Gasteiger partial charge in [0.05, 0.1) is 0 Å². The maximum atomic E-state index is 11.2. The Hall–Kier alpha value is 0.440. The minimum atomic E-state index is -4.50. The fraction of sp³-hybridized carbons (Fsp3) is 1.00. The molecule has 0 atom stereocenters. The first kappa shape index (κ1) is 30.5. The van der Waals surface area contributed by atoms with Gasteiger partial charge >= 0.3 is 30.4 Å². The zero-order valence-electron chi connectivity index (χ0n) is 17.3. The van der Waals surface area contributed by atoms with Crippen molar-refractivity contribution in [3.63, 3.8) is 0 Å². The third-order valence-corrected chi connectivity index (χ3v) is 7.54. The molecular weight excluding hydrogens is 516 g/mol. The van der Waals surface area contributed by atoms with Gasteiger partial charge in [-0.2, -0.15) is 0 Å². The van der Waals surface area contributed by atoms with E-state index in [1.165, 1.54) is 0 Å². The first-order valence-corrected chi connectivity index (χ1v) is 16.6. The van der Waals surface area contributed by atoms with Gasteiger partial charge in [0.1, 0.15) is 25.1 Å². The Bertz CT molecular complexity index is 658. The van der Waals surface area contributed by atoms with E-state index in [0.717, 1.165) is 9.80 Å². The molecule has 0 radical (unpaired) electrons. The van der Waals surface area contributed by atoms with Crippen molar-refractivity contribution in [1.29, 1.82) is 0 Å². The van der Waals surface area contributed by atoms with E-state index in [9.17, 15) is 18.3 Å². The molecule has 0 aliphatic carbocycles. The van der Waals surface area contributed by atoms with E-state index in [0.29, 0.717) is 39.3 Å². The summed E-state index contributed by atoms with van der Waals surface area (Å²) < 4.78 is 44.8. The van der Waals surface area contributed by atoms with Crippen molar-refractivity contribution >= 4 is 30.4 Å². The summed E-state index contributed by atoms with van der Waals surface area (Å²) in [6, 6.07) is 0. The normalized spacial score (nSPS) is 18.1. The molecule has 192 valence electrons. The highest BCUT2D eigenvalue weighted by Crippen LogP contribution is 2.41. The van der Waals surface area contributed by atoms with Crippen LogP contribution in [0.1, 0.15) is 0 Å². The molecule has 0 aromatic rings. The van der Waals surface area contributed by atoms with Crippen LogP contribution in [0.2, 0.25) is 0 Å². The van der Waals surface area contributed by atoms with Gasteiger partial charge < -0.3 is 39.1 Å². The molecule has 16 nitrogen and oxygen atoms in total. The van der Waals surface area contributed by atoms with Crippen molar-refractivity contribution < 1.29 is 57.4 Å². The van der Waals surface area contributed by atoms with E-state index in [2.05, 4.69) is 0 Å². The highest BCUT2D eigenvalue weighted by Gasteiger charge is 2.28. The fourth-order valence-electron chi connectivity index (χ4n) is 3.22. The van der Waals surface area contributed by atoms with Crippen LogP contribution in [0.3, 0.4) is 0 Å². The van der Waals surface area contributed by atoms with E-state index in [1.54, 1.807) is 0 Å². The number of hydrogen-bond acceptors (Lipinski definition) is 8. The molecule has 0 bridgehead atoms. The first-order valence-electron chi connectivity index (χ1n) is 9.39. The standard InChI is InChI=1S/C12H32N4O12P4/c17-29(18,19)9-15(10-30(20,21)22)7-5-13-1-2-14(4-3-13)6-8-16(11-31(23,24)25)12-32(26,27)28/h1-12H2,(H2,17,18,19)(H2,20,21,22)(H2,23,24,25)(H2,26,27,28). The first-order chi connectivity index (χ1) is 14.3. The van der Waals surface area contributed by atoms with Crippen LogP contribution in [-0.2, 0) is 18.3 Å². The molecular formula is C12H32N4O12P4. The second-order valence-electron chi connectivity index (χ2n) is 7.70. The number of piperazine rings is 1. The summed E-state index contributed by atoms with van der Waals surface area (Å²) in [5, 5.41) is 0. The van der Waals surface area contributed by atoms with Crippen molar-refractivity contribution in [2.45, 2.75) is 0 Å². The van der Waals surface area contributed by atoms with Crippen molar-refractivity contribution in [3.05, 3.63) is 0 Å². The lowest BCUT2D eigenvalue weighted by molar-refractivity contribution is 0.113. The van der Waals surface area contributed by atoms with Gasteiger partial charge in [0.2, 0.25) is 0 Å². The van der Waals surface area contributed by atoms with Gasteiger partial charge in [-0.3, -0.25) is 37.9 Å². The van der Waals surface area contributed by atoms with Gasteiger partial charge in [0.25, 0.3) is 0 Å². The molecule has 8 N–H and O–H groups in total. The molecule has 0 unspecified atom stereocenters. The molecule has 0 saturated carbocycles. The van der Waals surface area contributed by atoms with Crippen LogP contribution in [0.4, 0.5) is 0 Å². The lowest BCUT2D eigenvalue weighted by Gasteiger charge is -2.36. The average Bonchev–Trinajstić information content (AvgIpc) is 2.53. The largest absolute Gasteiger partial charge is 0.339 e. The van der Waals surface area contributed by atoms with Crippen LogP contribution in [0.25, 0.3) is 0 Å². The van der Waals surface area contributed by atoms with E-state index in [4.69, 9.17) is 39.1 Å². The Kier molecular flexibility index (Phi) is 11.8. The lowest BCUT2D eigenvalue weighted by atomic mass is 10.3. The molecule has 1 heterocycles. The third kappa shape index (κ3) is 16.1. The van der Waals surface area contributed by atoms with Crippen LogP contribution in [0, 0.1) is 0 Å². The number of rotatable bonds is 14. The van der Waals surface area contributed by atoms with Gasteiger partial charge in [0, 0.05) is 52.4 Å². The topological polar surface area (TPSA) is 243 Å². The molecule has 32 heavy (non-hydrogen) atoms. The van der Waals surface area contributed by atoms with Crippen LogP contribution < -0.4 is 0 Å². The second-order valence-corrected chi connectivity index (χ2v) is 14.1. The quantitative estimate of drug-likeness (QED) is 0.107. The lowest BCUT2D eigenvalue weighted by Crippen LogP contribution is -2.50. The van der Waals surface area contributed by atoms with Gasteiger partial charge in [-0.25, -0.2) is 0 Å². The minimum Gasteiger partial charge on any atom is -0.324 e. The summed E-state index contributed by atoms with van der Waals surface area (Å²) in [6.45, 7) is 2.80. The maximum Gasteiger partial charge on any atom is 0.339 e. The molecule has 0 aromatic heterocycles. The van der Waals surface area contributed by atoms with Crippen LogP contribution in [0.15, 0.2) is 0 Å². The molecule has 1 rings (SSSR count). The predicted octanol–water partition coefficient (Wildman–Crippen LogP) is -2.25. The van der Waals surface area contributed by atoms with Crippen molar-refractivity contribution in [2.75, 3.05) is 77.5 Å². The van der Waals surface area contributed by atoms with Crippen molar-refractivity contribution in [3.8, 4) is 0 Å². The van der Waals surface area contributed by atoms with Crippen LogP contribution in [-0.4, -0.2) is 136 Å². The second kappa shape index (κ2) is 12.4. The van der Waals surface area contributed by atoms with Crippen LogP contribution in [0.5, 0.6) is 0 Å². The summed E-state index contributed by atoms with van der Waals surface area (Å²) in [4.78, 5) is 78.7. The Morgan fingerprint density at radius 2 is 0.719 bits per heavy atom. The molecule has 1 aliphatic heterocycles. The summed E-state index contributed by atoms with van der Waals surface area (Å²) in [5.41, 5.74) is 0. The molecule has 0 amide bonds. The van der Waals surface area contributed by atoms with Gasteiger partial charge in [-0.15, -0.1) is 0 Å². The number of hydrogen-bond donors (Lipinski definition) is 8. The van der Waals surface area contributed by atoms with Gasteiger partial charge in [0.15, 0.2) is 0 Å². The highest BCUT2D eigenvalue weighted by atomic mass is 31.2. The molecule has 1 saturated heterocycles. The van der Waals surface area contributed by atoms with Crippen molar-refractivity contribution in [1.82, 2.24) is 19.6 Å². The molecule has 20 heteroatoms. The maximum absolute atomic E-state index is 11.2. The summed E-state index contributed by atoms with van der Waals surface area (Å²) >= 11 is 0. The van der Waals surface area contributed by atoms with Crippen LogP contribution >= 0.6 is 30.4 Å². The van der Waals surface area contributed by atoms with Gasteiger partial charge in [-0.05, 0) is 0 Å². The fourth-order valence-corrected chi connectivity index (χ4v) is 6.58. The SMILES string of the molecule is O=P(O)(O)CN(CCN1CCN(CCN(CP(=O)(O)O)CP(=O)(O)O)CC1)CP(=O)(O)O. The summed E-state index contributed by atoms with van der Waals surface area (Å²) in [5.74, 6) is 0. The smallest absolute Gasteiger partial charge is 0.324 e. The Morgan fingerprint density at radius 1 is 0.500 bits per heavy atom. The molecule has 0 spiro atoms. The highest BCUT2D eigenvalue weighted by molar-refractivity contribution is 7.53. The zero-order valence-corrected chi connectivity index (χ0v) is 20.9. The summed E-state index contributed by atoms with van der Waals surface area (Å²) in [6.07, 6.45) is -3.08. The summed E-state index contributed by atoms with van der Waals surface area (Å²) in [7, 11) is -18.0. The van der Waals surface area contributed by atoms with E-state index >= 15 is 0 Å². The van der Waals surface area contributed by atoms with Crippen molar-refractivity contribution in [2.24, 2.45) is 0 Å².